The number of amides is 1. The van der Waals surface area contributed by atoms with E-state index >= 15 is 0 Å². The number of methoxy groups -OCH3 is 1. The predicted octanol–water partition coefficient (Wildman–Crippen LogP) is 5.12. The average molecular weight is 579 g/mol. The molecule has 8 rings (SSSR count). The largest absolute Gasteiger partial charge is 0.494 e. The van der Waals surface area contributed by atoms with Gasteiger partial charge in [0.1, 0.15) is 34.9 Å². The van der Waals surface area contributed by atoms with Crippen LogP contribution in [0.25, 0.3) is 33.6 Å². The molecule has 3 fully saturated rings. The third-order valence-corrected chi connectivity index (χ3v) is 9.70. The summed E-state index contributed by atoms with van der Waals surface area (Å²) in [4.78, 5) is 33.8. The summed E-state index contributed by atoms with van der Waals surface area (Å²) in [5, 5.41) is 13.9. The lowest BCUT2D eigenvalue weighted by atomic mass is 10.0. The number of pyridine rings is 1. The fraction of sp³-hybridized carbons (Fsp3) is 0.406. The van der Waals surface area contributed by atoms with Crippen molar-refractivity contribution < 1.29 is 14.6 Å². The van der Waals surface area contributed by atoms with Crippen LogP contribution in [0.5, 0.6) is 11.6 Å². The van der Waals surface area contributed by atoms with Crippen molar-refractivity contribution in [3.8, 4) is 23.1 Å². The lowest BCUT2D eigenvalue weighted by Crippen LogP contribution is -2.38. The number of piperidine rings is 1. The van der Waals surface area contributed by atoms with Gasteiger partial charge in [-0.15, -0.1) is 0 Å². The number of aryl methyl sites for hydroxylation is 1. The lowest BCUT2D eigenvalue weighted by molar-refractivity contribution is 0.0696. The van der Waals surface area contributed by atoms with E-state index in [1.807, 2.05) is 31.3 Å². The van der Waals surface area contributed by atoms with Crippen LogP contribution in [0.1, 0.15) is 43.0 Å². The second-order valence-corrected chi connectivity index (χ2v) is 12.3. The number of aromatic nitrogens is 6. The van der Waals surface area contributed by atoms with Crippen molar-refractivity contribution in [2.24, 2.45) is 24.8 Å². The standard InChI is InChI=1S/C32H34N8O3/c1-17-20-6-8-23(17)40(15-20)32(42)21-10-22-29(25(12-21)43-3)38(2)31(35-22)24-11-19-7-9-26(36-27-13-28(41)34-16-33-27)37-30(19)39(24)14-18-4-5-18/h7,9-13,16-18,20,23H,4-6,8,14-15H2,1-3H3,(H2,33,34,36,37,41)/t17-,20?,23?/m1/s1. The number of fused-ring (bicyclic) bond motifs is 4. The van der Waals surface area contributed by atoms with E-state index in [1.165, 1.54) is 31.7 Å². The van der Waals surface area contributed by atoms with E-state index in [9.17, 15) is 9.90 Å². The van der Waals surface area contributed by atoms with E-state index < -0.39 is 0 Å². The quantitative estimate of drug-likeness (QED) is 0.273. The lowest BCUT2D eigenvalue weighted by Gasteiger charge is -2.27. The first-order valence-electron chi connectivity index (χ1n) is 15.0. The number of carbonyl (C=O) groups excluding carboxylic acids is 1. The van der Waals surface area contributed by atoms with Crippen LogP contribution >= 0.6 is 0 Å². The molecule has 3 aliphatic rings. The molecule has 11 nitrogen and oxygen atoms in total. The van der Waals surface area contributed by atoms with Crippen molar-refractivity contribution in [3.63, 3.8) is 0 Å². The molecule has 1 amide bonds. The Labute approximate surface area is 248 Å². The van der Waals surface area contributed by atoms with Gasteiger partial charge in [-0.1, -0.05) is 6.92 Å². The van der Waals surface area contributed by atoms with Crippen molar-refractivity contribution in [1.82, 2.24) is 34.0 Å². The molecule has 4 aromatic heterocycles. The number of carbonyl (C=O) groups is 1. The summed E-state index contributed by atoms with van der Waals surface area (Å²) in [5.41, 5.74) is 4.02. The second kappa shape index (κ2) is 9.68. The van der Waals surface area contributed by atoms with Crippen molar-refractivity contribution >= 4 is 39.6 Å². The van der Waals surface area contributed by atoms with Crippen LogP contribution in [0.3, 0.4) is 0 Å². The van der Waals surface area contributed by atoms with Gasteiger partial charge in [-0.3, -0.25) is 4.79 Å². The molecule has 3 atom stereocenters. The Morgan fingerprint density at radius 3 is 2.65 bits per heavy atom. The zero-order chi connectivity index (χ0) is 29.4. The molecule has 2 aliphatic carbocycles. The number of benzene rings is 1. The number of hydrogen-bond acceptors (Lipinski definition) is 8. The number of rotatable bonds is 7. The topological polar surface area (TPSA) is 123 Å². The van der Waals surface area contributed by atoms with Crippen molar-refractivity contribution in [2.45, 2.75) is 45.2 Å². The van der Waals surface area contributed by atoms with Crippen LogP contribution in [0, 0.1) is 17.8 Å². The van der Waals surface area contributed by atoms with Crippen molar-refractivity contribution in [1.29, 1.82) is 0 Å². The molecular weight excluding hydrogens is 544 g/mol. The van der Waals surface area contributed by atoms with Crippen molar-refractivity contribution in [2.75, 3.05) is 19.0 Å². The number of imidazole rings is 1. The molecule has 1 aliphatic heterocycles. The molecule has 2 unspecified atom stereocenters. The number of hydrogen-bond donors (Lipinski definition) is 2. The van der Waals surface area contributed by atoms with Gasteiger partial charge in [0.2, 0.25) is 5.88 Å². The maximum atomic E-state index is 13.7. The van der Waals surface area contributed by atoms with E-state index in [0.717, 1.165) is 53.1 Å². The third-order valence-electron chi connectivity index (χ3n) is 9.70. The Bertz CT molecular complexity index is 1910. The summed E-state index contributed by atoms with van der Waals surface area (Å²) >= 11 is 0. The first-order valence-corrected chi connectivity index (χ1v) is 15.0. The van der Waals surface area contributed by atoms with E-state index in [1.54, 1.807) is 7.11 Å². The summed E-state index contributed by atoms with van der Waals surface area (Å²) in [6.07, 6.45) is 5.99. The van der Waals surface area contributed by atoms with Gasteiger partial charge in [0.25, 0.3) is 5.91 Å². The monoisotopic (exact) mass is 578 g/mol. The number of ether oxygens (including phenoxy) is 1. The van der Waals surface area contributed by atoms with Gasteiger partial charge in [0.15, 0.2) is 5.82 Å². The van der Waals surface area contributed by atoms with Crippen LogP contribution in [0.2, 0.25) is 0 Å². The molecule has 5 heterocycles. The summed E-state index contributed by atoms with van der Waals surface area (Å²) in [5.74, 6) is 4.23. The highest BCUT2D eigenvalue weighted by Crippen LogP contribution is 2.44. The average Bonchev–Trinajstić information content (AvgIpc) is 3.41. The van der Waals surface area contributed by atoms with Gasteiger partial charge in [-0.2, -0.15) is 0 Å². The van der Waals surface area contributed by atoms with Gasteiger partial charge in [-0.05, 0) is 73.8 Å². The van der Waals surface area contributed by atoms with Crippen LogP contribution in [0.15, 0.2) is 42.7 Å². The normalized spacial score (nSPS) is 21.3. The number of aromatic hydroxyl groups is 1. The van der Waals surface area contributed by atoms with E-state index in [4.69, 9.17) is 14.7 Å². The minimum absolute atomic E-state index is 0.0653. The van der Waals surface area contributed by atoms with E-state index in [0.29, 0.717) is 46.7 Å². The third kappa shape index (κ3) is 4.28. The van der Waals surface area contributed by atoms with Gasteiger partial charge in [0.05, 0.1) is 18.3 Å². The Hall–Kier alpha value is -4.67. The molecule has 0 spiro atoms. The highest BCUT2D eigenvalue weighted by atomic mass is 16.5. The highest BCUT2D eigenvalue weighted by molar-refractivity contribution is 6.00. The van der Waals surface area contributed by atoms with Crippen LogP contribution in [0.4, 0.5) is 11.6 Å². The molecule has 220 valence electrons. The number of nitrogens with one attached hydrogen (secondary N) is 1. The van der Waals surface area contributed by atoms with Crippen molar-refractivity contribution in [3.05, 3.63) is 48.3 Å². The Kier molecular flexibility index (Phi) is 5.85. The van der Waals surface area contributed by atoms with E-state index in [2.05, 4.69) is 42.3 Å². The maximum Gasteiger partial charge on any atom is 0.254 e. The molecule has 0 radical (unpaired) electrons. The zero-order valence-electron chi connectivity index (χ0n) is 24.5. The van der Waals surface area contributed by atoms with Crippen LogP contribution in [-0.4, -0.2) is 64.7 Å². The smallest absolute Gasteiger partial charge is 0.254 e. The summed E-state index contributed by atoms with van der Waals surface area (Å²) in [6.45, 7) is 3.95. The number of anilines is 2. The maximum absolute atomic E-state index is 13.7. The van der Waals surface area contributed by atoms with Gasteiger partial charge >= 0.3 is 0 Å². The molecule has 5 aromatic rings. The zero-order valence-corrected chi connectivity index (χ0v) is 24.5. The first kappa shape index (κ1) is 26.0. The minimum Gasteiger partial charge on any atom is -0.494 e. The number of likely N-dealkylation sites (tertiary alicyclic amines) is 1. The van der Waals surface area contributed by atoms with Gasteiger partial charge in [0, 0.05) is 43.2 Å². The molecule has 2 saturated carbocycles. The molecule has 1 aromatic carbocycles. The predicted molar refractivity (Wildman–Crippen MR) is 162 cm³/mol. The van der Waals surface area contributed by atoms with Gasteiger partial charge in [-0.25, -0.2) is 19.9 Å². The molecule has 43 heavy (non-hydrogen) atoms. The molecule has 2 bridgehead atoms. The van der Waals surface area contributed by atoms with Gasteiger partial charge < -0.3 is 29.2 Å². The molecular formula is C32H34N8O3. The summed E-state index contributed by atoms with van der Waals surface area (Å²) in [6, 6.07) is 11.6. The fourth-order valence-electron chi connectivity index (χ4n) is 7.20. The van der Waals surface area contributed by atoms with Crippen LogP contribution in [-0.2, 0) is 13.6 Å². The Morgan fingerprint density at radius 1 is 1.07 bits per heavy atom. The second-order valence-electron chi connectivity index (χ2n) is 12.3. The minimum atomic E-state index is -0.109. The summed E-state index contributed by atoms with van der Waals surface area (Å²) < 4.78 is 10.2. The highest BCUT2D eigenvalue weighted by Gasteiger charge is 2.46. The SMILES string of the molecule is COc1cc(C(=O)N2CC3CCC2[C@@H]3C)cc2nc(-c3cc4ccc(Nc5cc(O)ncn5)nc4n3CC3CC3)n(C)c12. The summed E-state index contributed by atoms with van der Waals surface area (Å²) in [7, 11) is 3.65. The fourth-order valence-corrected chi connectivity index (χ4v) is 7.20. The molecule has 2 N–H and O–H groups in total. The van der Waals surface area contributed by atoms with E-state index in [-0.39, 0.29) is 11.8 Å². The molecule has 11 heteroatoms. The molecule has 1 saturated heterocycles. The Morgan fingerprint density at radius 2 is 1.93 bits per heavy atom. The Balaban J connectivity index is 1.21. The first-order chi connectivity index (χ1) is 20.9. The number of nitrogens with zero attached hydrogens (tertiary/aromatic N) is 7. The van der Waals surface area contributed by atoms with Crippen LogP contribution < -0.4 is 10.1 Å².